The minimum Gasteiger partial charge on any atom is -0.352 e. The Balaban J connectivity index is 2.02. The SMILES string of the molecule is CCC(C)NC(=O)C(Cc1ccccc1)N(Cc1cccc(Br)c1)C(=O)Cc1ccccc1[N+](=O)[O-]. The molecule has 0 radical (unpaired) electrons. The summed E-state index contributed by atoms with van der Waals surface area (Å²) in [6.45, 7) is 4.09. The summed E-state index contributed by atoms with van der Waals surface area (Å²) >= 11 is 3.47. The topological polar surface area (TPSA) is 92.6 Å². The summed E-state index contributed by atoms with van der Waals surface area (Å²) in [4.78, 5) is 39.9. The van der Waals surface area contributed by atoms with Crippen molar-refractivity contribution in [3.63, 3.8) is 0 Å². The van der Waals surface area contributed by atoms with Gasteiger partial charge in [-0.1, -0.05) is 83.5 Å². The molecular weight excluding hydrogens is 522 g/mol. The maximum absolute atomic E-state index is 13.8. The van der Waals surface area contributed by atoms with Gasteiger partial charge in [0.1, 0.15) is 6.04 Å². The lowest BCUT2D eigenvalue weighted by Gasteiger charge is -2.32. The Kier molecular flexibility index (Phi) is 9.76. The van der Waals surface area contributed by atoms with Gasteiger partial charge in [-0.25, -0.2) is 0 Å². The van der Waals surface area contributed by atoms with Crippen LogP contribution in [-0.4, -0.2) is 33.7 Å². The van der Waals surface area contributed by atoms with E-state index >= 15 is 0 Å². The van der Waals surface area contributed by atoms with Crippen LogP contribution >= 0.6 is 15.9 Å². The van der Waals surface area contributed by atoms with Gasteiger partial charge < -0.3 is 10.2 Å². The summed E-state index contributed by atoms with van der Waals surface area (Å²) in [6.07, 6.45) is 0.881. The molecule has 0 spiro atoms. The highest BCUT2D eigenvalue weighted by Gasteiger charge is 2.32. The summed E-state index contributed by atoms with van der Waals surface area (Å²) in [7, 11) is 0. The third kappa shape index (κ3) is 7.49. The largest absolute Gasteiger partial charge is 0.352 e. The van der Waals surface area contributed by atoms with Crippen LogP contribution in [0, 0.1) is 10.1 Å². The molecule has 2 atom stereocenters. The fraction of sp³-hybridized carbons (Fsp3) is 0.286. The average Bonchev–Trinajstić information content (AvgIpc) is 2.86. The monoisotopic (exact) mass is 551 g/mol. The summed E-state index contributed by atoms with van der Waals surface area (Å²) in [5.74, 6) is -0.608. The van der Waals surface area contributed by atoms with Crippen LogP contribution in [0.15, 0.2) is 83.3 Å². The number of nitrogens with zero attached hydrogens (tertiary/aromatic N) is 2. The lowest BCUT2D eigenvalue weighted by atomic mass is 10.0. The fourth-order valence-electron chi connectivity index (χ4n) is 3.93. The first kappa shape index (κ1) is 27.1. The summed E-state index contributed by atoms with van der Waals surface area (Å²) in [6, 6.07) is 22.4. The van der Waals surface area contributed by atoms with Crippen molar-refractivity contribution < 1.29 is 14.5 Å². The van der Waals surface area contributed by atoms with E-state index < -0.39 is 11.0 Å². The Morgan fingerprint density at radius 3 is 2.33 bits per heavy atom. The molecule has 3 aromatic carbocycles. The minimum atomic E-state index is -0.796. The third-order valence-corrected chi connectivity index (χ3v) is 6.54. The van der Waals surface area contributed by atoms with Gasteiger partial charge in [-0.05, 0) is 36.6 Å². The zero-order valence-corrected chi connectivity index (χ0v) is 22.0. The van der Waals surface area contributed by atoms with Crippen molar-refractivity contribution in [2.24, 2.45) is 0 Å². The first-order chi connectivity index (χ1) is 17.3. The third-order valence-electron chi connectivity index (χ3n) is 6.04. The Morgan fingerprint density at radius 1 is 1.00 bits per heavy atom. The number of carbonyl (C=O) groups is 2. The number of nitro benzene ring substituents is 1. The van der Waals surface area contributed by atoms with Gasteiger partial charge >= 0.3 is 0 Å². The van der Waals surface area contributed by atoms with Crippen LogP contribution < -0.4 is 5.32 Å². The van der Waals surface area contributed by atoms with Crippen LogP contribution in [0.4, 0.5) is 5.69 Å². The Morgan fingerprint density at radius 2 is 1.67 bits per heavy atom. The smallest absolute Gasteiger partial charge is 0.273 e. The quantitative estimate of drug-likeness (QED) is 0.253. The number of benzene rings is 3. The maximum atomic E-state index is 13.8. The predicted molar refractivity (Wildman–Crippen MR) is 143 cm³/mol. The minimum absolute atomic E-state index is 0.0613. The number of halogens is 1. The number of rotatable bonds is 11. The molecule has 3 rings (SSSR count). The molecule has 0 saturated carbocycles. The van der Waals surface area contributed by atoms with Gasteiger partial charge in [-0.15, -0.1) is 0 Å². The molecule has 0 aromatic heterocycles. The highest BCUT2D eigenvalue weighted by molar-refractivity contribution is 9.10. The second-order valence-electron chi connectivity index (χ2n) is 8.74. The molecule has 0 saturated heterocycles. The van der Waals surface area contributed by atoms with Crippen molar-refractivity contribution >= 4 is 33.4 Å². The van der Waals surface area contributed by atoms with Gasteiger partial charge in [0.25, 0.3) is 5.69 Å². The van der Waals surface area contributed by atoms with E-state index in [2.05, 4.69) is 21.2 Å². The van der Waals surface area contributed by atoms with Crippen molar-refractivity contribution in [1.82, 2.24) is 10.2 Å². The molecule has 1 N–H and O–H groups in total. The molecule has 0 fully saturated rings. The number of nitro groups is 1. The van der Waals surface area contributed by atoms with E-state index in [9.17, 15) is 19.7 Å². The second kappa shape index (κ2) is 13.0. The predicted octanol–water partition coefficient (Wildman–Crippen LogP) is 5.45. The van der Waals surface area contributed by atoms with Gasteiger partial charge in [0.05, 0.1) is 11.3 Å². The summed E-state index contributed by atoms with van der Waals surface area (Å²) in [5, 5.41) is 14.6. The lowest BCUT2D eigenvalue weighted by Crippen LogP contribution is -2.52. The number of hydrogen-bond donors (Lipinski definition) is 1. The number of para-hydroxylation sites is 1. The number of nitrogens with one attached hydrogen (secondary N) is 1. The standard InChI is InChI=1S/C28H30BrN3O4/c1-3-20(2)30-28(34)26(17-21-10-5-4-6-11-21)31(19-22-12-9-14-24(29)16-22)27(33)18-23-13-7-8-15-25(23)32(35)36/h4-16,20,26H,3,17-19H2,1-2H3,(H,30,34). The van der Waals surface area contributed by atoms with Crippen LogP contribution in [-0.2, 0) is 29.0 Å². The molecule has 0 heterocycles. The van der Waals surface area contributed by atoms with Crippen LogP contribution in [0.1, 0.15) is 37.0 Å². The Bertz CT molecular complexity index is 1200. The highest BCUT2D eigenvalue weighted by atomic mass is 79.9. The van der Waals surface area contributed by atoms with E-state index in [0.29, 0.717) is 12.0 Å². The van der Waals surface area contributed by atoms with Gasteiger partial charge in [-0.2, -0.15) is 0 Å². The van der Waals surface area contributed by atoms with E-state index in [0.717, 1.165) is 22.0 Å². The van der Waals surface area contributed by atoms with E-state index in [4.69, 9.17) is 0 Å². The molecule has 8 heteroatoms. The first-order valence-electron chi connectivity index (χ1n) is 11.9. The maximum Gasteiger partial charge on any atom is 0.273 e. The Hall–Kier alpha value is -3.52. The van der Waals surface area contributed by atoms with Crippen LogP contribution in [0.5, 0.6) is 0 Å². The van der Waals surface area contributed by atoms with Gasteiger partial charge in [-0.3, -0.25) is 19.7 Å². The number of hydrogen-bond acceptors (Lipinski definition) is 4. The first-order valence-corrected chi connectivity index (χ1v) is 12.7. The van der Waals surface area contributed by atoms with E-state index in [-0.39, 0.29) is 36.5 Å². The zero-order chi connectivity index (χ0) is 26.1. The molecule has 0 aliphatic carbocycles. The van der Waals surface area contributed by atoms with E-state index in [1.54, 1.807) is 23.1 Å². The molecule has 3 aromatic rings. The van der Waals surface area contributed by atoms with Crippen LogP contribution in [0.3, 0.4) is 0 Å². The van der Waals surface area contributed by atoms with Crippen molar-refractivity contribution in [1.29, 1.82) is 0 Å². The second-order valence-corrected chi connectivity index (χ2v) is 9.65. The normalized spacial score (nSPS) is 12.4. The summed E-state index contributed by atoms with van der Waals surface area (Å²) < 4.78 is 0.856. The Labute approximate surface area is 219 Å². The van der Waals surface area contributed by atoms with Crippen molar-refractivity contribution in [3.8, 4) is 0 Å². The number of amides is 2. The average molecular weight is 552 g/mol. The lowest BCUT2D eigenvalue weighted by molar-refractivity contribution is -0.385. The highest BCUT2D eigenvalue weighted by Crippen LogP contribution is 2.22. The zero-order valence-electron chi connectivity index (χ0n) is 20.4. The number of carbonyl (C=O) groups excluding carboxylic acids is 2. The molecule has 2 unspecified atom stereocenters. The molecule has 188 valence electrons. The summed E-state index contributed by atoms with van der Waals surface area (Å²) in [5.41, 5.74) is 1.96. The van der Waals surface area contributed by atoms with E-state index in [1.165, 1.54) is 6.07 Å². The van der Waals surface area contributed by atoms with Crippen molar-refractivity contribution in [2.45, 2.75) is 51.7 Å². The van der Waals surface area contributed by atoms with Gasteiger partial charge in [0.2, 0.25) is 11.8 Å². The van der Waals surface area contributed by atoms with Crippen molar-refractivity contribution in [2.75, 3.05) is 0 Å². The molecule has 0 bridgehead atoms. The van der Waals surface area contributed by atoms with Crippen molar-refractivity contribution in [3.05, 3.63) is 110 Å². The van der Waals surface area contributed by atoms with E-state index in [1.807, 2.05) is 68.4 Å². The van der Waals surface area contributed by atoms with Gasteiger partial charge in [0.15, 0.2) is 0 Å². The molecule has 2 amide bonds. The molecule has 0 aliphatic heterocycles. The van der Waals surface area contributed by atoms with Crippen LogP contribution in [0.25, 0.3) is 0 Å². The molecule has 0 aliphatic rings. The molecule has 7 nitrogen and oxygen atoms in total. The molecular formula is C28H30BrN3O4. The fourth-order valence-corrected chi connectivity index (χ4v) is 4.38. The van der Waals surface area contributed by atoms with Crippen LogP contribution in [0.2, 0.25) is 0 Å². The molecule has 36 heavy (non-hydrogen) atoms. The van der Waals surface area contributed by atoms with Gasteiger partial charge in [0, 0.05) is 35.1 Å².